The van der Waals surface area contributed by atoms with Gasteiger partial charge in [-0.25, -0.2) is 0 Å². The Morgan fingerprint density at radius 2 is 1.76 bits per heavy atom. The molecule has 0 fully saturated rings. The molecule has 21 heavy (non-hydrogen) atoms. The first-order chi connectivity index (χ1) is 9.94. The van der Waals surface area contributed by atoms with Crippen LogP contribution in [-0.4, -0.2) is 21.3 Å². The van der Waals surface area contributed by atoms with Gasteiger partial charge in [0.1, 0.15) is 23.0 Å². The summed E-state index contributed by atoms with van der Waals surface area (Å²) in [5, 5.41) is 28.5. The Hall–Kier alpha value is -2.95. The number of carbonyl (C=O) groups excluding carboxylic acids is 1. The molecule has 2 rings (SSSR count). The molecule has 3 N–H and O–H groups in total. The fourth-order valence-corrected chi connectivity index (χ4v) is 1.79. The highest BCUT2D eigenvalue weighted by atomic mass is 16.5. The molecule has 108 valence electrons. The summed E-state index contributed by atoms with van der Waals surface area (Å²) in [6, 6.07) is 8.63. The topological polar surface area (TPSA) is 87.0 Å². The molecule has 0 spiro atoms. The average Bonchev–Trinajstić information content (AvgIpc) is 2.36. The first-order valence-electron chi connectivity index (χ1n) is 6.16. The van der Waals surface area contributed by atoms with Gasteiger partial charge in [-0.05, 0) is 29.8 Å². The van der Waals surface area contributed by atoms with Gasteiger partial charge in [0.05, 0.1) is 0 Å². The van der Waals surface area contributed by atoms with Gasteiger partial charge in [0, 0.05) is 24.6 Å². The Balaban J connectivity index is 2.28. The summed E-state index contributed by atoms with van der Waals surface area (Å²) in [4.78, 5) is 10.9. The number of benzene rings is 2. The molecular formula is C16H14O5. The predicted octanol–water partition coefficient (Wildman–Crippen LogP) is 2.90. The van der Waals surface area contributed by atoms with Gasteiger partial charge in [-0.3, -0.25) is 4.79 Å². The third-order valence-corrected chi connectivity index (χ3v) is 2.64. The molecule has 0 aliphatic rings. The van der Waals surface area contributed by atoms with E-state index < -0.39 is 5.97 Å². The normalized spacial score (nSPS) is 10.7. The molecule has 0 radical (unpaired) electrons. The van der Waals surface area contributed by atoms with Gasteiger partial charge >= 0.3 is 5.97 Å². The van der Waals surface area contributed by atoms with Crippen molar-refractivity contribution in [2.45, 2.75) is 6.92 Å². The maximum absolute atomic E-state index is 10.9. The van der Waals surface area contributed by atoms with Crippen molar-refractivity contribution in [3.8, 4) is 23.0 Å². The van der Waals surface area contributed by atoms with E-state index in [1.807, 2.05) is 0 Å². The molecule has 0 unspecified atom stereocenters. The van der Waals surface area contributed by atoms with Gasteiger partial charge in [0.25, 0.3) is 0 Å². The van der Waals surface area contributed by atoms with Crippen molar-refractivity contribution >= 4 is 18.1 Å². The van der Waals surface area contributed by atoms with Crippen molar-refractivity contribution in [1.82, 2.24) is 0 Å². The van der Waals surface area contributed by atoms with E-state index in [0.29, 0.717) is 11.1 Å². The minimum Gasteiger partial charge on any atom is -0.508 e. The van der Waals surface area contributed by atoms with Crippen LogP contribution in [0.2, 0.25) is 0 Å². The Morgan fingerprint density at radius 3 is 2.43 bits per heavy atom. The van der Waals surface area contributed by atoms with Gasteiger partial charge in [0.2, 0.25) is 0 Å². The van der Waals surface area contributed by atoms with Gasteiger partial charge < -0.3 is 20.1 Å². The Labute approximate surface area is 121 Å². The summed E-state index contributed by atoms with van der Waals surface area (Å²) in [5.41, 5.74) is 1.10. The number of ether oxygens (including phenoxy) is 1. The van der Waals surface area contributed by atoms with Crippen LogP contribution in [-0.2, 0) is 4.79 Å². The molecule has 0 aromatic heterocycles. The molecule has 5 heteroatoms. The number of phenols is 3. The smallest absolute Gasteiger partial charge is 0.308 e. The maximum Gasteiger partial charge on any atom is 0.308 e. The number of hydrogen-bond donors (Lipinski definition) is 3. The van der Waals surface area contributed by atoms with E-state index in [4.69, 9.17) is 4.74 Å². The molecule has 0 aliphatic carbocycles. The molecule has 0 aliphatic heterocycles. The van der Waals surface area contributed by atoms with Crippen LogP contribution in [0.25, 0.3) is 12.2 Å². The number of carbonyl (C=O) groups is 1. The van der Waals surface area contributed by atoms with E-state index >= 15 is 0 Å². The summed E-state index contributed by atoms with van der Waals surface area (Å²) in [7, 11) is 0. The average molecular weight is 286 g/mol. The molecule has 5 nitrogen and oxygen atoms in total. The third-order valence-electron chi connectivity index (χ3n) is 2.64. The zero-order chi connectivity index (χ0) is 15.4. The van der Waals surface area contributed by atoms with E-state index in [0.717, 1.165) is 0 Å². The van der Waals surface area contributed by atoms with Crippen molar-refractivity contribution in [2.75, 3.05) is 0 Å². The van der Waals surface area contributed by atoms with Crippen LogP contribution < -0.4 is 4.74 Å². The van der Waals surface area contributed by atoms with Crippen molar-refractivity contribution in [3.05, 3.63) is 47.5 Å². The van der Waals surface area contributed by atoms with Crippen LogP contribution in [0.3, 0.4) is 0 Å². The number of phenolic OH excluding ortho intramolecular Hbond substituents is 3. The quantitative estimate of drug-likeness (QED) is 0.459. The van der Waals surface area contributed by atoms with Crippen molar-refractivity contribution in [1.29, 1.82) is 0 Å². The lowest BCUT2D eigenvalue weighted by Crippen LogP contribution is -2.01. The number of aromatic hydroxyl groups is 3. The van der Waals surface area contributed by atoms with Crippen LogP contribution in [0.1, 0.15) is 18.1 Å². The monoisotopic (exact) mass is 286 g/mol. The first-order valence-corrected chi connectivity index (χ1v) is 6.16. The molecule has 0 amide bonds. The minimum atomic E-state index is -0.480. The van der Waals surface area contributed by atoms with Crippen LogP contribution >= 0.6 is 0 Å². The van der Waals surface area contributed by atoms with E-state index in [2.05, 4.69) is 0 Å². The first kappa shape index (κ1) is 14.5. The summed E-state index contributed by atoms with van der Waals surface area (Å²) < 4.78 is 4.91. The van der Waals surface area contributed by atoms with E-state index in [1.54, 1.807) is 24.3 Å². The van der Waals surface area contributed by atoms with Gasteiger partial charge in [-0.15, -0.1) is 0 Å². The van der Waals surface area contributed by atoms with Crippen molar-refractivity contribution in [3.63, 3.8) is 0 Å². The molecule has 2 aromatic rings. The summed E-state index contributed by atoms with van der Waals surface area (Å²) in [5.74, 6) is -0.377. The van der Waals surface area contributed by atoms with Crippen LogP contribution in [0.15, 0.2) is 36.4 Å². The van der Waals surface area contributed by atoms with Crippen molar-refractivity contribution in [2.24, 2.45) is 0 Å². The molecule has 0 saturated heterocycles. The molecule has 0 saturated carbocycles. The van der Waals surface area contributed by atoms with Gasteiger partial charge in [0.15, 0.2) is 0 Å². The predicted molar refractivity (Wildman–Crippen MR) is 78.1 cm³/mol. The zero-order valence-corrected chi connectivity index (χ0v) is 11.3. The second kappa shape index (κ2) is 6.00. The number of rotatable bonds is 3. The third kappa shape index (κ3) is 4.01. The number of hydrogen-bond acceptors (Lipinski definition) is 5. The number of esters is 1. The molecule has 0 heterocycles. The fraction of sp³-hybridized carbons (Fsp3) is 0.0625. The Morgan fingerprint density at radius 1 is 1.00 bits per heavy atom. The van der Waals surface area contributed by atoms with E-state index in [9.17, 15) is 20.1 Å². The van der Waals surface area contributed by atoms with Crippen LogP contribution in [0.5, 0.6) is 23.0 Å². The second-order valence-electron chi connectivity index (χ2n) is 4.43. The summed E-state index contributed by atoms with van der Waals surface area (Å²) >= 11 is 0. The molecule has 2 aromatic carbocycles. The highest BCUT2D eigenvalue weighted by molar-refractivity contribution is 5.75. The SMILES string of the molecule is CC(=O)Oc1cc(O)cc(/C=C/c2ccc(O)cc2O)c1. The van der Waals surface area contributed by atoms with Crippen LogP contribution in [0.4, 0.5) is 0 Å². The standard InChI is InChI=1S/C16H14O5/c1-10(17)21-15-7-11(6-14(19)8-15)2-3-12-4-5-13(18)9-16(12)20/h2-9,18-20H,1H3/b3-2+. The molecule has 0 atom stereocenters. The second-order valence-corrected chi connectivity index (χ2v) is 4.43. The largest absolute Gasteiger partial charge is 0.508 e. The maximum atomic E-state index is 10.9. The highest BCUT2D eigenvalue weighted by Gasteiger charge is 2.03. The van der Waals surface area contributed by atoms with E-state index in [-0.39, 0.29) is 23.0 Å². The zero-order valence-electron chi connectivity index (χ0n) is 11.3. The Bertz CT molecular complexity index is 704. The molecule has 0 bridgehead atoms. The lowest BCUT2D eigenvalue weighted by Gasteiger charge is -2.04. The minimum absolute atomic E-state index is 0.0286. The van der Waals surface area contributed by atoms with Gasteiger partial charge in [-0.1, -0.05) is 12.2 Å². The van der Waals surface area contributed by atoms with Crippen LogP contribution in [0, 0.1) is 0 Å². The molecular weight excluding hydrogens is 272 g/mol. The van der Waals surface area contributed by atoms with Gasteiger partial charge in [-0.2, -0.15) is 0 Å². The van der Waals surface area contributed by atoms with Crippen molar-refractivity contribution < 1.29 is 24.9 Å². The lowest BCUT2D eigenvalue weighted by atomic mass is 10.1. The summed E-state index contributed by atoms with van der Waals surface area (Å²) in [6.45, 7) is 1.27. The Kier molecular flexibility index (Phi) is 4.13. The lowest BCUT2D eigenvalue weighted by molar-refractivity contribution is -0.131. The van der Waals surface area contributed by atoms with E-state index in [1.165, 1.54) is 31.2 Å². The highest BCUT2D eigenvalue weighted by Crippen LogP contribution is 2.26. The summed E-state index contributed by atoms with van der Waals surface area (Å²) in [6.07, 6.45) is 3.25. The fourth-order valence-electron chi connectivity index (χ4n) is 1.79.